The number of hydrogen-bond acceptors (Lipinski definition) is 6. The number of benzene rings is 1. The number of ether oxygens (including phenoxy) is 2. The smallest absolute Gasteiger partial charge is 0.243 e. The van der Waals surface area contributed by atoms with E-state index in [-0.39, 0.29) is 17.9 Å². The van der Waals surface area contributed by atoms with E-state index in [4.69, 9.17) is 21.1 Å². The molecule has 0 spiro atoms. The molecule has 1 aliphatic rings. The van der Waals surface area contributed by atoms with E-state index in [2.05, 4.69) is 9.97 Å². The Bertz CT molecular complexity index is 913. The first-order valence-electron chi connectivity index (χ1n) is 8.62. The van der Waals surface area contributed by atoms with E-state index in [0.29, 0.717) is 40.6 Å². The van der Waals surface area contributed by atoms with Crippen molar-refractivity contribution < 1.29 is 17.9 Å². The molecule has 1 aliphatic heterocycles. The Morgan fingerprint density at radius 3 is 2.59 bits per heavy atom. The molecule has 1 unspecified atom stereocenters. The van der Waals surface area contributed by atoms with Crippen LogP contribution in [0.1, 0.15) is 24.0 Å². The van der Waals surface area contributed by atoms with Gasteiger partial charge in [-0.2, -0.15) is 9.29 Å². The highest BCUT2D eigenvalue weighted by Gasteiger charge is 2.33. The van der Waals surface area contributed by atoms with E-state index < -0.39 is 10.0 Å². The molecule has 0 radical (unpaired) electrons. The van der Waals surface area contributed by atoms with Crippen molar-refractivity contribution in [3.63, 3.8) is 0 Å². The van der Waals surface area contributed by atoms with E-state index in [1.165, 1.54) is 10.5 Å². The van der Waals surface area contributed by atoms with Gasteiger partial charge in [-0.05, 0) is 61.5 Å². The number of methoxy groups -OCH3 is 1. The Hall–Kier alpha value is -1.90. The van der Waals surface area contributed by atoms with E-state index in [0.717, 1.165) is 6.42 Å². The Kier molecular flexibility index (Phi) is 5.88. The normalized spacial score (nSPS) is 18.3. The van der Waals surface area contributed by atoms with Gasteiger partial charge in [-0.15, -0.1) is 0 Å². The minimum absolute atomic E-state index is 0.0947. The topological polar surface area (TPSA) is 81.6 Å². The van der Waals surface area contributed by atoms with Gasteiger partial charge in [0.1, 0.15) is 11.9 Å². The lowest BCUT2D eigenvalue weighted by Gasteiger charge is -2.32. The molecule has 0 bridgehead atoms. The summed E-state index contributed by atoms with van der Waals surface area (Å²) in [6.45, 7) is 4.28. The Morgan fingerprint density at radius 2 is 1.96 bits per heavy atom. The number of sulfonamides is 1. The van der Waals surface area contributed by atoms with E-state index in [1.807, 2.05) is 0 Å². The maximum atomic E-state index is 13.3. The van der Waals surface area contributed by atoms with Crippen LogP contribution in [0.15, 0.2) is 29.3 Å². The third kappa shape index (κ3) is 4.34. The van der Waals surface area contributed by atoms with E-state index in [1.54, 1.807) is 39.2 Å². The van der Waals surface area contributed by atoms with Gasteiger partial charge in [0.15, 0.2) is 0 Å². The van der Waals surface area contributed by atoms with Crippen LogP contribution in [0, 0.1) is 13.8 Å². The van der Waals surface area contributed by atoms with E-state index in [9.17, 15) is 8.42 Å². The van der Waals surface area contributed by atoms with Gasteiger partial charge in [-0.3, -0.25) is 0 Å². The zero-order valence-corrected chi connectivity index (χ0v) is 17.0. The van der Waals surface area contributed by atoms with Gasteiger partial charge in [0.25, 0.3) is 0 Å². The largest absolute Gasteiger partial charge is 0.497 e. The SMILES string of the molecule is COc1cc(C)c(S(=O)(=O)N2CCCC(Oc3ccnc(Cl)n3)C2)c(C)c1. The Balaban J connectivity index is 1.83. The molecule has 3 rings (SSSR count). The predicted octanol–water partition coefficient (Wildman–Crippen LogP) is 2.99. The number of halogens is 1. The average Bonchev–Trinajstić information content (AvgIpc) is 2.61. The number of hydrogen-bond donors (Lipinski definition) is 0. The van der Waals surface area contributed by atoms with Gasteiger partial charge in [0.05, 0.1) is 18.6 Å². The summed E-state index contributed by atoms with van der Waals surface area (Å²) in [5, 5.41) is 0.0947. The van der Waals surface area contributed by atoms with Crippen LogP contribution in [-0.2, 0) is 10.0 Å². The first kappa shape index (κ1) is 19.9. The lowest BCUT2D eigenvalue weighted by atomic mass is 10.1. The molecule has 1 aromatic carbocycles. The number of nitrogens with zero attached hydrogens (tertiary/aromatic N) is 3. The molecule has 0 N–H and O–H groups in total. The lowest BCUT2D eigenvalue weighted by Crippen LogP contribution is -2.44. The van der Waals surface area contributed by atoms with Crippen LogP contribution >= 0.6 is 11.6 Å². The first-order chi connectivity index (χ1) is 12.8. The molecule has 0 saturated carbocycles. The van der Waals surface area contributed by atoms with Gasteiger partial charge in [-0.1, -0.05) is 0 Å². The lowest BCUT2D eigenvalue weighted by molar-refractivity contribution is 0.124. The summed E-state index contributed by atoms with van der Waals surface area (Å²) < 4.78 is 39.1. The van der Waals surface area contributed by atoms with Crippen molar-refractivity contribution in [2.24, 2.45) is 0 Å². The zero-order chi connectivity index (χ0) is 19.6. The van der Waals surface area contributed by atoms with Gasteiger partial charge in [0, 0.05) is 18.8 Å². The molecule has 2 aromatic rings. The van der Waals surface area contributed by atoms with Crippen molar-refractivity contribution in [2.45, 2.75) is 37.7 Å². The van der Waals surface area contributed by atoms with Crippen molar-refractivity contribution in [3.05, 3.63) is 40.8 Å². The number of aryl methyl sites for hydroxylation is 2. The van der Waals surface area contributed by atoms with Crippen LogP contribution < -0.4 is 9.47 Å². The molecule has 27 heavy (non-hydrogen) atoms. The van der Waals surface area contributed by atoms with Crippen LogP contribution in [0.4, 0.5) is 0 Å². The molecule has 2 heterocycles. The number of piperidine rings is 1. The van der Waals surface area contributed by atoms with Crippen molar-refractivity contribution in [3.8, 4) is 11.6 Å². The summed E-state index contributed by atoms with van der Waals surface area (Å²) in [4.78, 5) is 8.16. The summed E-state index contributed by atoms with van der Waals surface area (Å²) in [6, 6.07) is 5.08. The second kappa shape index (κ2) is 8.00. The van der Waals surface area contributed by atoms with Crippen LogP contribution in [-0.4, -0.2) is 49.0 Å². The predicted molar refractivity (Wildman–Crippen MR) is 102 cm³/mol. The summed E-state index contributed by atoms with van der Waals surface area (Å²) in [5.74, 6) is 0.987. The summed E-state index contributed by atoms with van der Waals surface area (Å²) in [6.07, 6.45) is 2.66. The molecule has 9 heteroatoms. The molecule has 7 nitrogen and oxygen atoms in total. The Labute approximate surface area is 164 Å². The van der Waals surface area contributed by atoms with Crippen molar-refractivity contribution in [1.82, 2.24) is 14.3 Å². The maximum Gasteiger partial charge on any atom is 0.243 e. The van der Waals surface area contributed by atoms with Crippen molar-refractivity contribution >= 4 is 21.6 Å². The minimum Gasteiger partial charge on any atom is -0.497 e. The third-order valence-electron chi connectivity index (χ3n) is 4.50. The van der Waals surface area contributed by atoms with Gasteiger partial charge in [-0.25, -0.2) is 13.4 Å². The molecule has 0 aliphatic carbocycles. The summed E-state index contributed by atoms with van der Waals surface area (Å²) in [7, 11) is -2.08. The number of aromatic nitrogens is 2. The minimum atomic E-state index is -3.64. The molecule has 1 aromatic heterocycles. The van der Waals surface area contributed by atoms with Crippen LogP contribution in [0.5, 0.6) is 11.6 Å². The van der Waals surface area contributed by atoms with Crippen molar-refractivity contribution in [1.29, 1.82) is 0 Å². The fraction of sp³-hybridized carbons (Fsp3) is 0.444. The summed E-state index contributed by atoms with van der Waals surface area (Å²) >= 11 is 5.78. The second-order valence-electron chi connectivity index (χ2n) is 6.50. The number of rotatable bonds is 5. The molecule has 146 valence electrons. The standard InChI is InChI=1S/C18H22ClN3O4S/c1-12-9-15(25-3)10-13(2)17(12)27(23,24)22-8-4-5-14(11-22)26-16-6-7-20-18(19)21-16/h6-7,9-10,14H,4-5,8,11H2,1-3H3. The van der Waals surface area contributed by atoms with E-state index >= 15 is 0 Å². The third-order valence-corrected chi connectivity index (χ3v) is 6.85. The van der Waals surface area contributed by atoms with Gasteiger partial charge >= 0.3 is 0 Å². The molecular weight excluding hydrogens is 390 g/mol. The first-order valence-corrected chi connectivity index (χ1v) is 10.4. The highest BCUT2D eigenvalue weighted by atomic mass is 35.5. The molecule has 0 amide bonds. The van der Waals surface area contributed by atoms with Gasteiger partial charge < -0.3 is 9.47 Å². The fourth-order valence-corrected chi connectivity index (χ4v) is 5.40. The Morgan fingerprint density at radius 1 is 1.26 bits per heavy atom. The van der Waals surface area contributed by atoms with Gasteiger partial charge in [0.2, 0.25) is 21.2 Å². The van der Waals surface area contributed by atoms with Crippen LogP contribution in [0.3, 0.4) is 0 Å². The quantitative estimate of drug-likeness (QED) is 0.703. The highest BCUT2D eigenvalue weighted by molar-refractivity contribution is 7.89. The maximum absolute atomic E-state index is 13.3. The zero-order valence-electron chi connectivity index (χ0n) is 15.5. The van der Waals surface area contributed by atoms with Crippen LogP contribution in [0.25, 0.3) is 0 Å². The highest BCUT2D eigenvalue weighted by Crippen LogP contribution is 2.30. The van der Waals surface area contributed by atoms with Crippen molar-refractivity contribution in [2.75, 3.05) is 20.2 Å². The average molecular weight is 412 g/mol. The molecule has 1 fully saturated rings. The fourth-order valence-electron chi connectivity index (χ4n) is 3.34. The van der Waals surface area contributed by atoms with Crippen LogP contribution in [0.2, 0.25) is 5.28 Å². The molecule has 1 atom stereocenters. The molecular formula is C18H22ClN3O4S. The summed E-state index contributed by atoms with van der Waals surface area (Å²) in [5.41, 5.74) is 1.33. The second-order valence-corrected chi connectivity index (χ2v) is 8.71. The monoisotopic (exact) mass is 411 g/mol. The molecule has 1 saturated heterocycles.